The number of piperidine rings is 1. The predicted molar refractivity (Wildman–Crippen MR) is 124 cm³/mol. The Morgan fingerprint density at radius 1 is 1.41 bits per heavy atom. The molecule has 1 heterocycles. The summed E-state index contributed by atoms with van der Waals surface area (Å²) in [5.41, 5.74) is 0.664. The molecule has 2 rings (SSSR count). The fourth-order valence-corrected chi connectivity index (χ4v) is 3.69. The predicted octanol–water partition coefficient (Wildman–Crippen LogP) is 4.19. The Morgan fingerprint density at radius 2 is 2.07 bits per heavy atom. The van der Waals surface area contributed by atoms with Crippen LogP contribution < -0.4 is 10.6 Å². The standard InChI is InChI=1S/C20H30ClFN4.HI/c1-5-10-26-11-8-16(9-12-26)25-19(23-4)24-14-20(2,3)17-7-6-15(22)13-18(17)21;/h5-7,13,16H,1,8-12,14H2,2-4H3,(H2,23,24,25);1H. The first kappa shape index (κ1) is 24.2. The molecule has 1 aromatic rings. The van der Waals surface area contributed by atoms with E-state index >= 15 is 0 Å². The van der Waals surface area contributed by atoms with Gasteiger partial charge in [0.25, 0.3) is 0 Å². The highest BCUT2D eigenvalue weighted by molar-refractivity contribution is 14.0. The van der Waals surface area contributed by atoms with Gasteiger partial charge in [0, 0.05) is 49.7 Å². The molecule has 152 valence electrons. The van der Waals surface area contributed by atoms with Crippen LogP contribution in [0.15, 0.2) is 35.8 Å². The van der Waals surface area contributed by atoms with E-state index in [4.69, 9.17) is 11.6 Å². The second kappa shape index (κ2) is 11.2. The van der Waals surface area contributed by atoms with Crippen molar-refractivity contribution >= 4 is 41.5 Å². The van der Waals surface area contributed by atoms with Crippen LogP contribution in [0.3, 0.4) is 0 Å². The van der Waals surface area contributed by atoms with E-state index in [0.29, 0.717) is 17.6 Å². The third-order valence-corrected chi connectivity index (χ3v) is 5.21. The summed E-state index contributed by atoms with van der Waals surface area (Å²) in [5.74, 6) is 0.473. The van der Waals surface area contributed by atoms with Crippen molar-refractivity contribution in [3.8, 4) is 0 Å². The zero-order chi connectivity index (χ0) is 19.2. The molecule has 2 N–H and O–H groups in total. The van der Waals surface area contributed by atoms with E-state index in [2.05, 4.69) is 41.0 Å². The number of rotatable bonds is 6. The minimum Gasteiger partial charge on any atom is -0.356 e. The summed E-state index contributed by atoms with van der Waals surface area (Å²) in [7, 11) is 1.78. The molecule has 4 nitrogen and oxygen atoms in total. The minimum absolute atomic E-state index is 0. The second-order valence-electron chi connectivity index (χ2n) is 7.44. The number of benzene rings is 1. The van der Waals surface area contributed by atoms with E-state index < -0.39 is 0 Å². The van der Waals surface area contributed by atoms with Crippen LogP contribution in [-0.2, 0) is 5.41 Å². The van der Waals surface area contributed by atoms with E-state index in [0.717, 1.165) is 44.0 Å². The summed E-state index contributed by atoms with van der Waals surface area (Å²) in [5, 5.41) is 7.35. The monoisotopic (exact) mass is 508 g/mol. The van der Waals surface area contributed by atoms with Crippen LogP contribution in [0.2, 0.25) is 5.02 Å². The Bertz CT molecular complexity index is 643. The third-order valence-electron chi connectivity index (χ3n) is 4.90. The van der Waals surface area contributed by atoms with Crippen molar-refractivity contribution in [2.75, 3.05) is 33.2 Å². The van der Waals surface area contributed by atoms with Crippen molar-refractivity contribution < 1.29 is 4.39 Å². The highest BCUT2D eigenvalue weighted by Crippen LogP contribution is 2.29. The highest BCUT2D eigenvalue weighted by atomic mass is 127. The molecule has 7 heteroatoms. The van der Waals surface area contributed by atoms with Crippen molar-refractivity contribution in [2.45, 2.75) is 38.1 Å². The molecule has 0 atom stereocenters. The molecule has 1 aliphatic heterocycles. The number of halogens is 3. The van der Waals surface area contributed by atoms with Gasteiger partial charge in [-0.15, -0.1) is 30.6 Å². The van der Waals surface area contributed by atoms with Crippen LogP contribution in [0.4, 0.5) is 4.39 Å². The van der Waals surface area contributed by atoms with Gasteiger partial charge in [0.2, 0.25) is 0 Å². The lowest BCUT2D eigenvalue weighted by Crippen LogP contribution is -2.50. The van der Waals surface area contributed by atoms with Crippen molar-refractivity contribution in [3.05, 3.63) is 47.3 Å². The lowest BCUT2D eigenvalue weighted by molar-refractivity contribution is 0.225. The van der Waals surface area contributed by atoms with E-state index in [1.165, 1.54) is 12.1 Å². The lowest BCUT2D eigenvalue weighted by Gasteiger charge is -2.33. The van der Waals surface area contributed by atoms with Crippen LogP contribution in [0, 0.1) is 5.82 Å². The van der Waals surface area contributed by atoms with Crippen LogP contribution in [0.5, 0.6) is 0 Å². The zero-order valence-electron chi connectivity index (χ0n) is 16.4. The molecule has 1 aliphatic rings. The number of guanidine groups is 1. The van der Waals surface area contributed by atoms with Crippen LogP contribution >= 0.6 is 35.6 Å². The van der Waals surface area contributed by atoms with Gasteiger partial charge in [-0.1, -0.05) is 37.6 Å². The SMILES string of the molecule is C=CCN1CCC(NC(=NC)NCC(C)(C)c2ccc(F)cc2Cl)CC1.I. The second-order valence-corrected chi connectivity index (χ2v) is 7.85. The summed E-state index contributed by atoms with van der Waals surface area (Å²) in [6.45, 7) is 11.7. The first-order valence-corrected chi connectivity index (χ1v) is 9.49. The maximum atomic E-state index is 13.3. The molecule has 0 bridgehead atoms. The Labute approximate surface area is 184 Å². The van der Waals surface area contributed by atoms with Gasteiger partial charge >= 0.3 is 0 Å². The Hall–Kier alpha value is -0.860. The van der Waals surface area contributed by atoms with Gasteiger partial charge in [0.1, 0.15) is 5.82 Å². The molecule has 0 radical (unpaired) electrons. The van der Waals surface area contributed by atoms with Gasteiger partial charge in [-0.25, -0.2) is 4.39 Å². The van der Waals surface area contributed by atoms with Gasteiger partial charge in [0.15, 0.2) is 5.96 Å². The molecule has 1 saturated heterocycles. The molecule has 0 aliphatic carbocycles. The highest BCUT2D eigenvalue weighted by Gasteiger charge is 2.25. The molecule has 0 unspecified atom stereocenters. The van der Waals surface area contributed by atoms with Gasteiger partial charge in [-0.3, -0.25) is 9.89 Å². The van der Waals surface area contributed by atoms with Gasteiger partial charge in [-0.05, 0) is 30.5 Å². The normalized spacial score (nSPS) is 16.6. The zero-order valence-corrected chi connectivity index (χ0v) is 19.5. The van der Waals surface area contributed by atoms with E-state index in [1.54, 1.807) is 13.1 Å². The summed E-state index contributed by atoms with van der Waals surface area (Å²) >= 11 is 6.23. The number of likely N-dealkylation sites (tertiary alicyclic amines) is 1. The first-order valence-electron chi connectivity index (χ1n) is 9.11. The van der Waals surface area contributed by atoms with Crippen LogP contribution in [0.1, 0.15) is 32.3 Å². The molecule has 27 heavy (non-hydrogen) atoms. The molecule has 1 aromatic carbocycles. The van der Waals surface area contributed by atoms with Crippen molar-refractivity contribution in [1.29, 1.82) is 0 Å². The fraction of sp³-hybridized carbons (Fsp3) is 0.550. The smallest absolute Gasteiger partial charge is 0.191 e. The number of nitrogens with zero attached hydrogens (tertiary/aromatic N) is 2. The molecule has 1 fully saturated rings. The maximum absolute atomic E-state index is 13.3. The van der Waals surface area contributed by atoms with E-state index in [9.17, 15) is 4.39 Å². The summed E-state index contributed by atoms with van der Waals surface area (Å²) < 4.78 is 13.3. The first-order chi connectivity index (χ1) is 12.4. The quantitative estimate of drug-likeness (QED) is 0.262. The number of nitrogens with one attached hydrogen (secondary N) is 2. The number of hydrogen-bond acceptors (Lipinski definition) is 2. The average Bonchev–Trinajstić information content (AvgIpc) is 2.60. The average molecular weight is 509 g/mol. The van der Waals surface area contributed by atoms with Crippen LogP contribution in [0.25, 0.3) is 0 Å². The summed E-state index contributed by atoms with van der Waals surface area (Å²) in [6.07, 6.45) is 4.13. The van der Waals surface area contributed by atoms with Crippen molar-refractivity contribution in [2.24, 2.45) is 4.99 Å². The number of hydrogen-bond donors (Lipinski definition) is 2. The van der Waals surface area contributed by atoms with Crippen molar-refractivity contribution in [1.82, 2.24) is 15.5 Å². The summed E-state index contributed by atoms with van der Waals surface area (Å²) in [4.78, 5) is 6.75. The topological polar surface area (TPSA) is 39.7 Å². The molecule has 0 amide bonds. The maximum Gasteiger partial charge on any atom is 0.191 e. The van der Waals surface area contributed by atoms with Gasteiger partial charge < -0.3 is 10.6 Å². The molecule has 0 spiro atoms. The van der Waals surface area contributed by atoms with Crippen molar-refractivity contribution in [3.63, 3.8) is 0 Å². The van der Waals surface area contributed by atoms with E-state index in [1.807, 2.05) is 6.08 Å². The molecular formula is C20H31ClFIN4. The summed E-state index contributed by atoms with van der Waals surface area (Å²) in [6, 6.07) is 4.99. The van der Waals surface area contributed by atoms with Crippen LogP contribution in [-0.4, -0.2) is 50.1 Å². The molecule has 0 saturated carbocycles. The largest absolute Gasteiger partial charge is 0.356 e. The molecule has 0 aromatic heterocycles. The van der Waals surface area contributed by atoms with Gasteiger partial charge in [-0.2, -0.15) is 0 Å². The number of aliphatic imine (C=N–C) groups is 1. The molecular weight excluding hydrogens is 478 g/mol. The fourth-order valence-electron chi connectivity index (χ4n) is 3.27. The third kappa shape index (κ3) is 7.23. The lowest BCUT2D eigenvalue weighted by atomic mass is 9.84. The van der Waals surface area contributed by atoms with E-state index in [-0.39, 0.29) is 35.2 Å². The minimum atomic E-state index is -0.317. The van der Waals surface area contributed by atoms with Gasteiger partial charge in [0.05, 0.1) is 0 Å². The Balaban J connectivity index is 0.00000364. The Morgan fingerprint density at radius 3 is 2.63 bits per heavy atom. The Kier molecular flexibility index (Phi) is 10.0.